The van der Waals surface area contributed by atoms with Gasteiger partial charge in [-0.3, -0.25) is 4.79 Å². The van der Waals surface area contributed by atoms with Crippen molar-refractivity contribution in [2.75, 3.05) is 0 Å². The van der Waals surface area contributed by atoms with Gasteiger partial charge in [0.2, 0.25) is 5.43 Å². The van der Waals surface area contributed by atoms with E-state index >= 15 is 0 Å². The van der Waals surface area contributed by atoms with Crippen molar-refractivity contribution in [3.8, 4) is 10.4 Å². The molecule has 4 rings (SSSR count). The van der Waals surface area contributed by atoms with Crippen LogP contribution in [0.25, 0.3) is 31.6 Å². The molecule has 2 aromatic carbocycles. The van der Waals surface area contributed by atoms with Crippen LogP contribution in [-0.4, -0.2) is 4.98 Å². The maximum Gasteiger partial charge on any atom is 0.204 e. The predicted octanol–water partition coefficient (Wildman–Crippen LogP) is 4.41. The fourth-order valence-electron chi connectivity index (χ4n) is 2.47. The zero-order valence-electron chi connectivity index (χ0n) is 10.6. The first kappa shape index (κ1) is 11.4. The number of rotatable bonds is 1. The quantitative estimate of drug-likeness (QED) is 0.549. The standard InChI is InChI=1S/C17H11NOS/c19-14-10-15(11-6-2-1-3-7-11)20-17-12-8-4-5-9-13(12)18-16(14)17/h1-10,18H. The molecule has 0 radical (unpaired) electrons. The van der Waals surface area contributed by atoms with Crippen LogP contribution in [0.1, 0.15) is 0 Å². The number of aromatic amines is 1. The van der Waals surface area contributed by atoms with Gasteiger partial charge in [-0.05, 0) is 11.6 Å². The summed E-state index contributed by atoms with van der Waals surface area (Å²) in [4.78, 5) is 16.5. The Balaban J connectivity index is 2.11. The van der Waals surface area contributed by atoms with E-state index < -0.39 is 0 Å². The second-order valence-electron chi connectivity index (χ2n) is 4.72. The van der Waals surface area contributed by atoms with Crippen molar-refractivity contribution in [3.05, 3.63) is 70.9 Å². The smallest absolute Gasteiger partial charge is 0.204 e. The molecule has 0 saturated heterocycles. The molecule has 20 heavy (non-hydrogen) atoms. The predicted molar refractivity (Wildman–Crippen MR) is 85.4 cm³/mol. The topological polar surface area (TPSA) is 32.9 Å². The van der Waals surface area contributed by atoms with E-state index in [1.54, 1.807) is 17.4 Å². The van der Waals surface area contributed by atoms with Crippen LogP contribution in [-0.2, 0) is 0 Å². The van der Waals surface area contributed by atoms with E-state index in [1.165, 1.54) is 0 Å². The fourth-order valence-corrected chi connectivity index (χ4v) is 3.65. The molecule has 0 aliphatic carbocycles. The van der Waals surface area contributed by atoms with Crippen LogP contribution >= 0.6 is 11.3 Å². The minimum absolute atomic E-state index is 0.0498. The number of aromatic nitrogens is 1. The van der Waals surface area contributed by atoms with Crippen LogP contribution in [0, 0.1) is 0 Å². The lowest BCUT2D eigenvalue weighted by Gasteiger charge is -2.00. The van der Waals surface area contributed by atoms with Gasteiger partial charge in [-0.2, -0.15) is 0 Å². The van der Waals surface area contributed by atoms with Crippen molar-refractivity contribution in [2.24, 2.45) is 0 Å². The minimum Gasteiger partial charge on any atom is -0.351 e. The highest BCUT2D eigenvalue weighted by Crippen LogP contribution is 2.32. The first-order chi connectivity index (χ1) is 9.83. The van der Waals surface area contributed by atoms with Gasteiger partial charge in [0.15, 0.2) is 0 Å². The third kappa shape index (κ3) is 1.67. The van der Waals surface area contributed by atoms with Gasteiger partial charge in [0, 0.05) is 21.8 Å². The highest BCUT2D eigenvalue weighted by atomic mass is 32.1. The van der Waals surface area contributed by atoms with Crippen LogP contribution in [0.2, 0.25) is 0 Å². The van der Waals surface area contributed by atoms with Crippen molar-refractivity contribution in [3.63, 3.8) is 0 Å². The average molecular weight is 277 g/mol. The number of benzene rings is 2. The molecule has 0 spiro atoms. The van der Waals surface area contributed by atoms with E-state index in [1.807, 2.05) is 48.5 Å². The third-order valence-electron chi connectivity index (χ3n) is 3.44. The highest BCUT2D eigenvalue weighted by Gasteiger charge is 2.10. The third-order valence-corrected chi connectivity index (χ3v) is 4.64. The number of para-hydroxylation sites is 1. The van der Waals surface area contributed by atoms with Gasteiger partial charge >= 0.3 is 0 Å². The molecule has 2 aromatic heterocycles. The molecular formula is C17H11NOS. The van der Waals surface area contributed by atoms with E-state index in [0.29, 0.717) is 5.52 Å². The molecule has 0 fully saturated rings. The fraction of sp³-hybridized carbons (Fsp3) is 0. The van der Waals surface area contributed by atoms with Gasteiger partial charge in [-0.25, -0.2) is 0 Å². The van der Waals surface area contributed by atoms with E-state index in [-0.39, 0.29) is 5.43 Å². The zero-order valence-corrected chi connectivity index (χ0v) is 11.4. The summed E-state index contributed by atoms with van der Waals surface area (Å²) in [5.74, 6) is 0. The average Bonchev–Trinajstić information content (AvgIpc) is 2.88. The van der Waals surface area contributed by atoms with Gasteiger partial charge in [-0.1, -0.05) is 48.5 Å². The summed E-state index contributed by atoms with van der Waals surface area (Å²) in [7, 11) is 0. The van der Waals surface area contributed by atoms with Crippen LogP contribution in [0.15, 0.2) is 65.5 Å². The Morgan fingerprint density at radius 3 is 2.50 bits per heavy atom. The maximum atomic E-state index is 12.3. The molecule has 2 nitrogen and oxygen atoms in total. The Bertz CT molecular complexity index is 967. The normalized spacial score (nSPS) is 11.2. The molecule has 0 atom stereocenters. The lowest BCUT2D eigenvalue weighted by Crippen LogP contribution is -1.98. The number of hydrogen-bond donors (Lipinski definition) is 1. The minimum atomic E-state index is 0.0498. The molecule has 0 bridgehead atoms. The van der Waals surface area contributed by atoms with Gasteiger partial charge in [-0.15, -0.1) is 11.3 Å². The number of nitrogens with one attached hydrogen (secondary N) is 1. The van der Waals surface area contributed by atoms with Crippen LogP contribution in [0.3, 0.4) is 0 Å². The molecule has 96 valence electrons. The van der Waals surface area contributed by atoms with E-state index in [9.17, 15) is 4.79 Å². The molecule has 1 N–H and O–H groups in total. The molecule has 0 saturated carbocycles. The highest BCUT2D eigenvalue weighted by molar-refractivity contribution is 7.22. The Morgan fingerprint density at radius 1 is 0.900 bits per heavy atom. The number of H-pyrrole nitrogens is 1. The monoisotopic (exact) mass is 277 g/mol. The largest absolute Gasteiger partial charge is 0.351 e. The molecule has 4 aromatic rings. The SMILES string of the molecule is O=c1cc(-c2ccccc2)sc2c1[nH]c1ccccc12. The number of hydrogen-bond acceptors (Lipinski definition) is 2. The van der Waals surface area contributed by atoms with Crippen molar-refractivity contribution < 1.29 is 0 Å². The molecular weight excluding hydrogens is 266 g/mol. The maximum absolute atomic E-state index is 12.3. The summed E-state index contributed by atoms with van der Waals surface area (Å²) >= 11 is 1.66. The van der Waals surface area contributed by atoms with Gasteiger partial charge in [0.25, 0.3) is 0 Å². The second-order valence-corrected chi connectivity index (χ2v) is 5.77. The van der Waals surface area contributed by atoms with Crippen molar-refractivity contribution in [1.82, 2.24) is 4.98 Å². The Morgan fingerprint density at radius 2 is 1.65 bits per heavy atom. The first-order valence-electron chi connectivity index (χ1n) is 6.43. The van der Waals surface area contributed by atoms with E-state index in [0.717, 1.165) is 26.0 Å². The summed E-state index contributed by atoms with van der Waals surface area (Å²) in [6, 6.07) is 19.8. The lowest BCUT2D eigenvalue weighted by atomic mass is 10.2. The zero-order chi connectivity index (χ0) is 13.5. The summed E-state index contributed by atoms with van der Waals surface area (Å²) in [5, 5.41) is 1.11. The van der Waals surface area contributed by atoms with Crippen molar-refractivity contribution in [2.45, 2.75) is 0 Å². The molecule has 0 unspecified atom stereocenters. The van der Waals surface area contributed by atoms with Crippen molar-refractivity contribution in [1.29, 1.82) is 0 Å². The second kappa shape index (κ2) is 4.32. The first-order valence-corrected chi connectivity index (χ1v) is 7.24. The van der Waals surface area contributed by atoms with E-state index in [2.05, 4.69) is 11.1 Å². The Labute approximate surface area is 119 Å². The van der Waals surface area contributed by atoms with Gasteiger partial charge in [0.05, 0.1) is 4.70 Å². The Hall–Kier alpha value is -2.39. The van der Waals surface area contributed by atoms with Crippen LogP contribution in [0.5, 0.6) is 0 Å². The van der Waals surface area contributed by atoms with Crippen LogP contribution < -0.4 is 5.43 Å². The summed E-state index contributed by atoms with van der Waals surface area (Å²) in [6.07, 6.45) is 0. The lowest BCUT2D eigenvalue weighted by molar-refractivity contribution is 1.52. The van der Waals surface area contributed by atoms with E-state index in [4.69, 9.17) is 0 Å². The van der Waals surface area contributed by atoms with Crippen LogP contribution in [0.4, 0.5) is 0 Å². The van der Waals surface area contributed by atoms with Gasteiger partial charge < -0.3 is 4.98 Å². The Kier molecular flexibility index (Phi) is 2.47. The molecule has 0 amide bonds. The molecule has 2 heterocycles. The van der Waals surface area contributed by atoms with Gasteiger partial charge in [0.1, 0.15) is 5.52 Å². The molecule has 0 aliphatic rings. The summed E-state index contributed by atoms with van der Waals surface area (Å²) in [6.45, 7) is 0. The molecule has 0 aliphatic heterocycles. The number of fused-ring (bicyclic) bond motifs is 3. The summed E-state index contributed by atoms with van der Waals surface area (Å²) < 4.78 is 1.03. The summed E-state index contributed by atoms with van der Waals surface area (Å²) in [5.41, 5.74) is 2.85. The molecule has 3 heteroatoms. The van der Waals surface area contributed by atoms with Crippen molar-refractivity contribution >= 4 is 32.5 Å².